The fourth-order valence-corrected chi connectivity index (χ4v) is 2.42. The van der Waals surface area contributed by atoms with Gasteiger partial charge in [-0.15, -0.1) is 0 Å². The van der Waals surface area contributed by atoms with Gasteiger partial charge in [0.05, 0.1) is 0 Å². The number of amides is 2. The molecule has 0 radical (unpaired) electrons. The zero-order chi connectivity index (χ0) is 17.8. The molecule has 3 rings (SSSR count). The molecule has 1 unspecified atom stereocenters. The van der Waals surface area contributed by atoms with Gasteiger partial charge in [-0.3, -0.25) is 9.59 Å². The molecule has 0 saturated heterocycles. The third-order valence-corrected chi connectivity index (χ3v) is 4.14. The van der Waals surface area contributed by atoms with Crippen LogP contribution >= 0.6 is 0 Å². The van der Waals surface area contributed by atoms with Crippen LogP contribution in [0.2, 0.25) is 0 Å². The smallest absolute Gasteiger partial charge is 0.265 e. The van der Waals surface area contributed by atoms with Gasteiger partial charge in [0.2, 0.25) is 5.91 Å². The van der Waals surface area contributed by atoms with E-state index in [2.05, 4.69) is 10.6 Å². The summed E-state index contributed by atoms with van der Waals surface area (Å²) in [6.07, 6.45) is 1.28. The van der Waals surface area contributed by atoms with Crippen molar-refractivity contribution in [3.63, 3.8) is 0 Å². The Kier molecular flexibility index (Phi) is 5.03. The molecule has 1 aliphatic rings. The number of ether oxygens (including phenoxy) is 1. The minimum atomic E-state index is -0.633. The van der Waals surface area contributed by atoms with Gasteiger partial charge in [0.15, 0.2) is 6.10 Å². The number of hydrogen-bond acceptors (Lipinski definition) is 3. The quantitative estimate of drug-likeness (QED) is 0.843. The summed E-state index contributed by atoms with van der Waals surface area (Å²) in [7, 11) is 0. The van der Waals surface area contributed by atoms with E-state index in [1.165, 1.54) is 0 Å². The van der Waals surface area contributed by atoms with Gasteiger partial charge in [-0.1, -0.05) is 24.3 Å². The maximum absolute atomic E-state index is 12.4. The number of nitrogens with one attached hydrogen (secondary N) is 2. The van der Waals surface area contributed by atoms with Crippen molar-refractivity contribution in [1.82, 2.24) is 0 Å². The molecule has 1 aliphatic carbocycles. The van der Waals surface area contributed by atoms with Crippen molar-refractivity contribution in [2.45, 2.75) is 32.8 Å². The lowest BCUT2D eigenvalue weighted by atomic mass is 10.1. The number of carbonyl (C=O) groups excluding carboxylic acids is 2. The summed E-state index contributed by atoms with van der Waals surface area (Å²) in [6.45, 7) is 3.61. The highest BCUT2D eigenvalue weighted by molar-refractivity contribution is 5.97. The number of rotatable bonds is 6. The molecule has 0 bridgehead atoms. The van der Waals surface area contributed by atoms with Crippen LogP contribution < -0.4 is 15.4 Å². The van der Waals surface area contributed by atoms with Gasteiger partial charge in [0, 0.05) is 17.3 Å². The Hall–Kier alpha value is -2.82. The Morgan fingerprint density at radius 3 is 2.48 bits per heavy atom. The first-order valence-corrected chi connectivity index (χ1v) is 8.47. The second kappa shape index (κ2) is 7.38. The maximum Gasteiger partial charge on any atom is 0.265 e. The minimum Gasteiger partial charge on any atom is -0.481 e. The van der Waals surface area contributed by atoms with E-state index < -0.39 is 6.10 Å². The molecule has 1 atom stereocenters. The van der Waals surface area contributed by atoms with Crippen molar-refractivity contribution in [3.8, 4) is 5.75 Å². The summed E-state index contributed by atoms with van der Waals surface area (Å²) in [4.78, 5) is 24.3. The van der Waals surface area contributed by atoms with Gasteiger partial charge in [0.25, 0.3) is 5.91 Å². The Labute approximate surface area is 147 Å². The second-order valence-electron chi connectivity index (χ2n) is 6.36. The standard InChI is InChI=1S/C20H22N2O3/c1-13-8-11-16(21-20(24)15-9-10-15)12-18(13)22-19(23)14(2)25-17-6-4-3-5-7-17/h3-8,11-12,14-15H,9-10H2,1-2H3,(H,21,24)(H,22,23). The first-order chi connectivity index (χ1) is 12.0. The van der Waals surface area contributed by atoms with Gasteiger partial charge < -0.3 is 15.4 Å². The Bertz CT molecular complexity index is 770. The molecule has 2 aromatic rings. The number of carbonyl (C=O) groups is 2. The van der Waals surface area contributed by atoms with Crippen molar-refractivity contribution in [3.05, 3.63) is 54.1 Å². The van der Waals surface area contributed by atoms with Crippen LogP contribution in [0.15, 0.2) is 48.5 Å². The molecular weight excluding hydrogens is 316 g/mol. The fourth-order valence-electron chi connectivity index (χ4n) is 2.42. The molecule has 1 saturated carbocycles. The molecule has 5 nitrogen and oxygen atoms in total. The van der Waals surface area contributed by atoms with Gasteiger partial charge in [-0.2, -0.15) is 0 Å². The van der Waals surface area contributed by atoms with E-state index in [0.717, 1.165) is 18.4 Å². The van der Waals surface area contributed by atoms with Crippen molar-refractivity contribution < 1.29 is 14.3 Å². The lowest BCUT2D eigenvalue weighted by Gasteiger charge is -2.16. The monoisotopic (exact) mass is 338 g/mol. The van der Waals surface area contributed by atoms with Gasteiger partial charge in [-0.05, 0) is 56.5 Å². The summed E-state index contributed by atoms with van der Waals surface area (Å²) >= 11 is 0. The third kappa shape index (κ3) is 4.59. The van der Waals surface area contributed by atoms with E-state index in [1.807, 2.05) is 49.4 Å². The van der Waals surface area contributed by atoms with E-state index in [1.54, 1.807) is 13.0 Å². The molecule has 130 valence electrons. The van der Waals surface area contributed by atoms with Gasteiger partial charge in [-0.25, -0.2) is 0 Å². The van der Waals surface area contributed by atoms with Crippen LogP contribution in [-0.2, 0) is 9.59 Å². The molecule has 5 heteroatoms. The molecule has 25 heavy (non-hydrogen) atoms. The van der Waals surface area contributed by atoms with E-state index in [4.69, 9.17) is 4.74 Å². The Balaban J connectivity index is 1.64. The zero-order valence-electron chi connectivity index (χ0n) is 14.4. The maximum atomic E-state index is 12.4. The minimum absolute atomic E-state index is 0.0434. The highest BCUT2D eigenvalue weighted by atomic mass is 16.5. The lowest BCUT2D eigenvalue weighted by Crippen LogP contribution is -2.30. The number of anilines is 2. The van der Waals surface area contributed by atoms with E-state index in [-0.39, 0.29) is 17.7 Å². The Morgan fingerprint density at radius 2 is 1.80 bits per heavy atom. The first kappa shape index (κ1) is 17.0. The molecule has 0 aromatic heterocycles. The zero-order valence-corrected chi connectivity index (χ0v) is 14.4. The average molecular weight is 338 g/mol. The first-order valence-electron chi connectivity index (χ1n) is 8.47. The number of aryl methyl sites for hydroxylation is 1. The molecule has 0 spiro atoms. The SMILES string of the molecule is Cc1ccc(NC(=O)C2CC2)cc1NC(=O)C(C)Oc1ccccc1. The predicted molar refractivity (Wildman–Crippen MR) is 97.7 cm³/mol. The summed E-state index contributed by atoms with van der Waals surface area (Å²) in [5.74, 6) is 0.588. The van der Waals surface area contributed by atoms with Gasteiger partial charge >= 0.3 is 0 Å². The van der Waals surface area contributed by atoms with Crippen LogP contribution in [0.4, 0.5) is 11.4 Å². The molecular formula is C20H22N2O3. The van der Waals surface area contributed by atoms with Crippen LogP contribution in [0.25, 0.3) is 0 Å². The van der Waals surface area contributed by atoms with Crippen LogP contribution in [0.3, 0.4) is 0 Å². The number of para-hydroxylation sites is 1. The van der Waals surface area contributed by atoms with E-state index in [9.17, 15) is 9.59 Å². The van der Waals surface area contributed by atoms with E-state index >= 15 is 0 Å². The normalized spacial score (nSPS) is 14.5. The predicted octanol–water partition coefficient (Wildman–Crippen LogP) is 3.75. The average Bonchev–Trinajstić information content (AvgIpc) is 3.44. The van der Waals surface area contributed by atoms with Gasteiger partial charge in [0.1, 0.15) is 5.75 Å². The summed E-state index contributed by atoms with van der Waals surface area (Å²) in [5.41, 5.74) is 2.28. The highest BCUT2D eigenvalue weighted by Crippen LogP contribution is 2.30. The fraction of sp³-hybridized carbons (Fsp3) is 0.300. The molecule has 2 N–H and O–H groups in total. The summed E-state index contributed by atoms with van der Waals surface area (Å²) in [5, 5.41) is 5.77. The second-order valence-corrected chi connectivity index (χ2v) is 6.36. The van der Waals surface area contributed by atoms with Crippen LogP contribution in [0, 0.1) is 12.8 Å². The van der Waals surface area contributed by atoms with Crippen molar-refractivity contribution >= 4 is 23.2 Å². The number of benzene rings is 2. The van der Waals surface area contributed by atoms with Crippen molar-refractivity contribution in [2.24, 2.45) is 5.92 Å². The van der Waals surface area contributed by atoms with Crippen LogP contribution in [0.5, 0.6) is 5.75 Å². The van der Waals surface area contributed by atoms with Crippen molar-refractivity contribution in [2.75, 3.05) is 10.6 Å². The molecule has 0 heterocycles. The molecule has 0 aliphatic heterocycles. The highest BCUT2D eigenvalue weighted by Gasteiger charge is 2.29. The van der Waals surface area contributed by atoms with E-state index in [0.29, 0.717) is 17.1 Å². The topological polar surface area (TPSA) is 67.4 Å². The molecule has 2 amide bonds. The van der Waals surface area contributed by atoms with Crippen LogP contribution in [0.1, 0.15) is 25.3 Å². The van der Waals surface area contributed by atoms with Crippen LogP contribution in [-0.4, -0.2) is 17.9 Å². The lowest BCUT2D eigenvalue weighted by molar-refractivity contribution is -0.122. The third-order valence-electron chi connectivity index (χ3n) is 4.14. The summed E-state index contributed by atoms with van der Waals surface area (Å²) < 4.78 is 5.64. The molecule has 1 fully saturated rings. The summed E-state index contributed by atoms with van der Waals surface area (Å²) in [6, 6.07) is 14.7. The number of hydrogen-bond donors (Lipinski definition) is 2. The largest absolute Gasteiger partial charge is 0.481 e. The van der Waals surface area contributed by atoms with Crippen molar-refractivity contribution in [1.29, 1.82) is 0 Å². The Morgan fingerprint density at radius 1 is 1.08 bits per heavy atom. The molecule has 2 aromatic carbocycles.